The lowest BCUT2D eigenvalue weighted by atomic mass is 10.2. The van der Waals surface area contributed by atoms with Crippen LogP contribution in [0.15, 0.2) is 18.2 Å². The van der Waals surface area contributed by atoms with Crippen molar-refractivity contribution in [3.05, 3.63) is 29.6 Å². The van der Waals surface area contributed by atoms with Crippen LogP contribution < -0.4 is 5.73 Å². The van der Waals surface area contributed by atoms with Crippen LogP contribution in [0.1, 0.15) is 12.0 Å². The number of carbonyl (C=O) groups excluding carboxylic acids is 1. The van der Waals surface area contributed by atoms with E-state index >= 15 is 0 Å². The van der Waals surface area contributed by atoms with E-state index in [0.717, 1.165) is 25.1 Å². The zero-order valence-corrected chi connectivity index (χ0v) is 10.5. The molecule has 0 aliphatic carbocycles. The van der Waals surface area contributed by atoms with Gasteiger partial charge in [0.05, 0.1) is 12.2 Å². The van der Waals surface area contributed by atoms with Gasteiger partial charge in [-0.25, -0.2) is 4.39 Å². The van der Waals surface area contributed by atoms with Crippen molar-refractivity contribution in [2.75, 3.05) is 32.4 Å². The van der Waals surface area contributed by atoms with Crippen LogP contribution >= 0.6 is 0 Å². The largest absolute Gasteiger partial charge is 0.396 e. The summed E-state index contributed by atoms with van der Waals surface area (Å²) in [6.45, 7) is 2.60. The van der Waals surface area contributed by atoms with Crippen LogP contribution in [0.2, 0.25) is 0 Å². The highest BCUT2D eigenvalue weighted by molar-refractivity contribution is 5.78. The third-order valence-corrected chi connectivity index (χ3v) is 3.22. The zero-order valence-electron chi connectivity index (χ0n) is 10.5. The average Bonchev–Trinajstić information content (AvgIpc) is 2.47. The van der Waals surface area contributed by atoms with Crippen molar-refractivity contribution >= 4 is 11.6 Å². The van der Waals surface area contributed by atoms with Crippen LogP contribution in [0.3, 0.4) is 0 Å². The first-order valence-corrected chi connectivity index (χ1v) is 6.06. The maximum atomic E-state index is 13.3. The highest BCUT2D eigenvalue weighted by Crippen LogP contribution is 2.14. The van der Waals surface area contributed by atoms with Gasteiger partial charge in [-0.2, -0.15) is 0 Å². The molecule has 0 radical (unpaired) electrons. The summed E-state index contributed by atoms with van der Waals surface area (Å²) in [5, 5.41) is 0. The third kappa shape index (κ3) is 2.98. The number of anilines is 1. The summed E-state index contributed by atoms with van der Waals surface area (Å²) in [6.07, 6.45) is 0.944. The Morgan fingerprint density at radius 3 is 2.89 bits per heavy atom. The number of nitrogens with two attached hydrogens (primary N) is 1. The van der Waals surface area contributed by atoms with Gasteiger partial charge in [0.15, 0.2) is 0 Å². The molecule has 0 aromatic heterocycles. The van der Waals surface area contributed by atoms with Gasteiger partial charge in [-0.05, 0) is 24.1 Å². The summed E-state index contributed by atoms with van der Waals surface area (Å²) in [5.74, 6) is -0.283. The lowest BCUT2D eigenvalue weighted by molar-refractivity contribution is -0.129. The van der Waals surface area contributed by atoms with Crippen LogP contribution in [0, 0.1) is 5.82 Å². The molecule has 4 nitrogen and oxygen atoms in total. The standard InChI is InChI=1S/C13H18FN3O/c1-16-5-2-6-17(9-13(16)18)8-10-3-4-12(15)11(14)7-10/h3-4,7H,2,5-6,8-9,15H2,1H3. The average molecular weight is 251 g/mol. The predicted octanol–water partition coefficient (Wildman–Crippen LogP) is 1.07. The van der Waals surface area contributed by atoms with Crippen molar-refractivity contribution in [2.24, 2.45) is 0 Å². The van der Waals surface area contributed by atoms with E-state index in [1.807, 2.05) is 11.9 Å². The quantitative estimate of drug-likeness (QED) is 0.800. The molecule has 0 unspecified atom stereocenters. The SMILES string of the molecule is CN1CCCN(Cc2ccc(N)c(F)c2)CC1=O. The molecule has 0 spiro atoms. The second kappa shape index (κ2) is 5.35. The van der Waals surface area contributed by atoms with E-state index in [1.165, 1.54) is 6.07 Å². The van der Waals surface area contributed by atoms with Crippen LogP contribution in [-0.2, 0) is 11.3 Å². The highest BCUT2D eigenvalue weighted by atomic mass is 19.1. The summed E-state index contributed by atoms with van der Waals surface area (Å²) >= 11 is 0. The van der Waals surface area contributed by atoms with Gasteiger partial charge in [-0.3, -0.25) is 9.69 Å². The van der Waals surface area contributed by atoms with Gasteiger partial charge < -0.3 is 10.6 Å². The molecule has 98 valence electrons. The summed E-state index contributed by atoms with van der Waals surface area (Å²) in [5.41, 5.74) is 6.44. The number of halogens is 1. The lowest BCUT2D eigenvalue weighted by Crippen LogP contribution is -2.34. The number of carbonyl (C=O) groups is 1. The molecule has 2 rings (SSSR count). The van der Waals surface area contributed by atoms with E-state index in [4.69, 9.17) is 5.73 Å². The van der Waals surface area contributed by atoms with Crippen LogP contribution in [-0.4, -0.2) is 42.4 Å². The van der Waals surface area contributed by atoms with Gasteiger partial charge >= 0.3 is 0 Å². The van der Waals surface area contributed by atoms with E-state index in [0.29, 0.717) is 13.1 Å². The van der Waals surface area contributed by atoms with E-state index < -0.39 is 5.82 Å². The van der Waals surface area contributed by atoms with E-state index in [2.05, 4.69) is 0 Å². The van der Waals surface area contributed by atoms with E-state index in [1.54, 1.807) is 17.0 Å². The molecule has 1 fully saturated rings. The minimum Gasteiger partial charge on any atom is -0.396 e. The molecule has 1 aromatic rings. The van der Waals surface area contributed by atoms with Crippen molar-refractivity contribution in [2.45, 2.75) is 13.0 Å². The van der Waals surface area contributed by atoms with Crippen molar-refractivity contribution in [1.82, 2.24) is 9.80 Å². The van der Waals surface area contributed by atoms with Crippen molar-refractivity contribution < 1.29 is 9.18 Å². The lowest BCUT2D eigenvalue weighted by Gasteiger charge is -2.19. The number of benzene rings is 1. The molecule has 5 heteroatoms. The van der Waals surface area contributed by atoms with Crippen LogP contribution in [0.5, 0.6) is 0 Å². The van der Waals surface area contributed by atoms with Crippen molar-refractivity contribution in [3.63, 3.8) is 0 Å². The Hall–Kier alpha value is -1.62. The molecule has 1 aliphatic heterocycles. The number of nitrogens with zero attached hydrogens (tertiary/aromatic N) is 2. The monoisotopic (exact) mass is 251 g/mol. The summed E-state index contributed by atoms with van der Waals surface area (Å²) in [4.78, 5) is 15.5. The molecule has 1 heterocycles. The minimum atomic E-state index is -0.397. The first-order valence-electron chi connectivity index (χ1n) is 6.06. The van der Waals surface area contributed by atoms with Gasteiger partial charge in [0.1, 0.15) is 5.82 Å². The number of hydrogen-bond acceptors (Lipinski definition) is 3. The molecular formula is C13H18FN3O. The number of hydrogen-bond donors (Lipinski definition) is 1. The fourth-order valence-electron chi connectivity index (χ4n) is 2.11. The Morgan fingerprint density at radius 2 is 2.17 bits per heavy atom. The van der Waals surface area contributed by atoms with Gasteiger partial charge in [0, 0.05) is 26.7 Å². The molecule has 0 bridgehead atoms. The third-order valence-electron chi connectivity index (χ3n) is 3.22. The van der Waals surface area contributed by atoms with Gasteiger partial charge in [0.25, 0.3) is 0 Å². The number of amides is 1. The Balaban J connectivity index is 2.04. The zero-order chi connectivity index (χ0) is 13.1. The Labute approximate surface area is 106 Å². The number of rotatable bonds is 2. The van der Waals surface area contributed by atoms with Crippen molar-refractivity contribution in [1.29, 1.82) is 0 Å². The maximum absolute atomic E-state index is 13.3. The molecule has 18 heavy (non-hydrogen) atoms. The Morgan fingerprint density at radius 1 is 1.39 bits per heavy atom. The highest BCUT2D eigenvalue weighted by Gasteiger charge is 2.18. The molecule has 1 aliphatic rings. The molecule has 1 aromatic carbocycles. The second-order valence-corrected chi connectivity index (χ2v) is 4.74. The molecular weight excluding hydrogens is 233 g/mol. The minimum absolute atomic E-state index is 0.114. The normalized spacial score (nSPS) is 17.9. The molecule has 2 N–H and O–H groups in total. The van der Waals surface area contributed by atoms with E-state index in [-0.39, 0.29) is 11.6 Å². The summed E-state index contributed by atoms with van der Waals surface area (Å²) < 4.78 is 13.3. The van der Waals surface area contributed by atoms with Gasteiger partial charge in [-0.1, -0.05) is 6.07 Å². The van der Waals surface area contributed by atoms with E-state index in [9.17, 15) is 9.18 Å². The fourth-order valence-corrected chi connectivity index (χ4v) is 2.11. The summed E-state index contributed by atoms with van der Waals surface area (Å²) in [6, 6.07) is 4.81. The van der Waals surface area contributed by atoms with Crippen LogP contribution in [0.4, 0.5) is 10.1 Å². The Bertz CT molecular complexity index is 450. The maximum Gasteiger partial charge on any atom is 0.236 e. The molecule has 0 atom stereocenters. The second-order valence-electron chi connectivity index (χ2n) is 4.74. The van der Waals surface area contributed by atoms with Gasteiger partial charge in [-0.15, -0.1) is 0 Å². The Kier molecular flexibility index (Phi) is 3.81. The first-order chi connectivity index (χ1) is 8.56. The van der Waals surface area contributed by atoms with Crippen molar-refractivity contribution in [3.8, 4) is 0 Å². The number of nitrogen functional groups attached to an aromatic ring is 1. The van der Waals surface area contributed by atoms with Gasteiger partial charge in [0.2, 0.25) is 5.91 Å². The summed E-state index contributed by atoms with van der Waals surface area (Å²) in [7, 11) is 1.81. The molecule has 0 saturated carbocycles. The topological polar surface area (TPSA) is 49.6 Å². The molecule has 1 saturated heterocycles. The number of likely N-dealkylation sites (N-methyl/N-ethyl adjacent to an activating group) is 1. The molecule has 1 amide bonds. The first kappa shape index (κ1) is 12.8. The van der Waals surface area contributed by atoms with Crippen LogP contribution in [0.25, 0.3) is 0 Å². The predicted molar refractivity (Wildman–Crippen MR) is 68.3 cm³/mol. The smallest absolute Gasteiger partial charge is 0.236 e. The fraction of sp³-hybridized carbons (Fsp3) is 0.462.